The van der Waals surface area contributed by atoms with E-state index in [1.54, 1.807) is 12.7 Å². The first-order valence-corrected chi connectivity index (χ1v) is 13.5. The zero-order chi connectivity index (χ0) is 24.4. The summed E-state index contributed by atoms with van der Waals surface area (Å²) < 4.78 is 60.5. The molecule has 0 aliphatic carbocycles. The summed E-state index contributed by atoms with van der Waals surface area (Å²) in [6, 6.07) is 11.7. The molecule has 0 radical (unpaired) electrons. The number of nitrogens with zero attached hydrogens (tertiary/aromatic N) is 5. The Morgan fingerprint density at radius 1 is 0.886 bits per heavy atom. The van der Waals surface area contributed by atoms with Crippen LogP contribution in [-0.2, 0) is 16.6 Å². The predicted molar refractivity (Wildman–Crippen MR) is 129 cm³/mol. The molecule has 1 aromatic heterocycles. The average molecular weight is 502 g/mol. The molecule has 10 heteroatoms. The van der Waals surface area contributed by atoms with E-state index in [0.717, 1.165) is 30.9 Å². The van der Waals surface area contributed by atoms with Gasteiger partial charge in [0.2, 0.25) is 10.0 Å². The number of halogens is 2. The Morgan fingerprint density at radius 2 is 1.60 bits per heavy atom. The first-order chi connectivity index (χ1) is 16.9. The number of hydrogen-bond acceptors (Lipinski definition) is 5. The van der Waals surface area contributed by atoms with Crippen molar-refractivity contribution in [2.24, 2.45) is 0 Å². The summed E-state index contributed by atoms with van der Waals surface area (Å²) >= 11 is 0. The lowest BCUT2D eigenvalue weighted by Gasteiger charge is -2.34. The molecule has 5 rings (SSSR count). The highest BCUT2D eigenvalue weighted by Gasteiger charge is 2.35. The minimum absolute atomic E-state index is 0.0583. The summed E-state index contributed by atoms with van der Waals surface area (Å²) in [4.78, 5) is 1.84. The molecule has 1 atom stereocenters. The molecule has 2 aromatic carbocycles. The van der Waals surface area contributed by atoms with Crippen LogP contribution in [0.1, 0.15) is 54.5 Å². The fraction of sp³-hybridized carbons (Fsp3) is 0.440. The Bertz CT molecular complexity index is 1250. The third-order valence-corrected chi connectivity index (χ3v) is 9.40. The molecule has 0 bridgehead atoms. The van der Waals surface area contributed by atoms with Crippen LogP contribution in [0.4, 0.5) is 14.5 Å². The van der Waals surface area contributed by atoms with Gasteiger partial charge in [-0.05, 0) is 37.3 Å². The molecular weight excluding hydrogens is 472 g/mol. The van der Waals surface area contributed by atoms with Crippen LogP contribution in [0.5, 0.6) is 0 Å². The van der Waals surface area contributed by atoms with E-state index in [-0.39, 0.29) is 23.8 Å². The number of sulfonamides is 1. The molecular formula is C25H29F2N5O2S. The van der Waals surface area contributed by atoms with Crippen molar-refractivity contribution in [2.45, 2.75) is 49.9 Å². The fourth-order valence-electron chi connectivity index (χ4n) is 5.18. The van der Waals surface area contributed by atoms with E-state index in [1.165, 1.54) is 10.4 Å². The maximum absolute atomic E-state index is 15.2. The summed E-state index contributed by atoms with van der Waals surface area (Å²) in [7, 11) is -3.72. The molecule has 2 aliphatic heterocycles. The van der Waals surface area contributed by atoms with Crippen molar-refractivity contribution < 1.29 is 17.2 Å². The Morgan fingerprint density at radius 3 is 2.31 bits per heavy atom. The number of hydrogen-bond donors (Lipinski definition) is 0. The van der Waals surface area contributed by atoms with Crippen LogP contribution in [0.3, 0.4) is 0 Å². The Balaban J connectivity index is 1.33. The lowest BCUT2D eigenvalue weighted by molar-refractivity contribution is 0.390. The molecule has 2 fully saturated rings. The second-order valence-electron chi connectivity index (χ2n) is 9.30. The van der Waals surface area contributed by atoms with Crippen molar-refractivity contribution in [1.82, 2.24) is 19.1 Å². The van der Waals surface area contributed by atoms with Crippen molar-refractivity contribution in [2.75, 3.05) is 24.5 Å². The van der Waals surface area contributed by atoms with E-state index in [0.29, 0.717) is 32.5 Å². The first-order valence-electron chi connectivity index (χ1n) is 12.0. The van der Waals surface area contributed by atoms with E-state index in [4.69, 9.17) is 0 Å². The van der Waals surface area contributed by atoms with Gasteiger partial charge in [0.05, 0.1) is 5.69 Å². The van der Waals surface area contributed by atoms with Gasteiger partial charge in [0.1, 0.15) is 29.5 Å². The molecule has 0 amide bonds. The van der Waals surface area contributed by atoms with Crippen LogP contribution in [0.2, 0.25) is 0 Å². The standard InChI is InChI=1S/C25H29F2N5O2S/c26-22-15-24(30-12-9-21(10-13-30)31-17-28-29-18-31)23(27)14-20(22)16-32-11-5-4-8-25(35(32,33)34)19-6-2-1-3-7-19/h1-3,6-7,14-15,17-18,21,25H,4-5,8-13,16H2/t25-/m1/s1. The van der Waals surface area contributed by atoms with Crippen molar-refractivity contribution in [3.8, 4) is 0 Å². The molecule has 35 heavy (non-hydrogen) atoms. The van der Waals surface area contributed by atoms with Gasteiger partial charge >= 0.3 is 0 Å². The zero-order valence-electron chi connectivity index (χ0n) is 19.4. The second-order valence-corrected chi connectivity index (χ2v) is 11.4. The third-order valence-electron chi connectivity index (χ3n) is 7.14. The van der Waals surface area contributed by atoms with Crippen molar-refractivity contribution >= 4 is 15.7 Å². The van der Waals surface area contributed by atoms with E-state index < -0.39 is 26.9 Å². The van der Waals surface area contributed by atoms with Gasteiger partial charge in [0.15, 0.2) is 0 Å². The van der Waals surface area contributed by atoms with Crippen molar-refractivity contribution in [3.05, 3.63) is 77.9 Å². The van der Waals surface area contributed by atoms with E-state index >= 15 is 8.78 Å². The molecule has 2 aliphatic rings. The summed E-state index contributed by atoms with van der Waals surface area (Å²) in [5.74, 6) is -1.12. The number of piperidine rings is 1. The largest absolute Gasteiger partial charge is 0.369 e. The third kappa shape index (κ3) is 4.95. The lowest BCUT2D eigenvalue weighted by Crippen LogP contribution is -2.35. The maximum atomic E-state index is 15.2. The predicted octanol–water partition coefficient (Wildman–Crippen LogP) is 4.45. The van der Waals surface area contributed by atoms with Crippen LogP contribution in [0.15, 0.2) is 55.1 Å². The number of aromatic nitrogens is 3. The Kier molecular flexibility index (Phi) is 6.84. The zero-order valence-corrected chi connectivity index (χ0v) is 20.2. The van der Waals surface area contributed by atoms with Crippen LogP contribution in [0, 0.1) is 11.6 Å². The molecule has 186 valence electrons. The number of benzene rings is 2. The van der Waals surface area contributed by atoms with Crippen LogP contribution < -0.4 is 4.90 Å². The maximum Gasteiger partial charge on any atom is 0.221 e. The second kappa shape index (κ2) is 10.0. The first kappa shape index (κ1) is 23.9. The van der Waals surface area contributed by atoms with Crippen molar-refractivity contribution in [3.63, 3.8) is 0 Å². The molecule has 3 heterocycles. The van der Waals surface area contributed by atoms with E-state index in [2.05, 4.69) is 10.2 Å². The van der Waals surface area contributed by atoms with E-state index in [9.17, 15) is 8.42 Å². The smallest absolute Gasteiger partial charge is 0.221 e. The molecule has 0 N–H and O–H groups in total. The molecule has 3 aromatic rings. The Hall–Kier alpha value is -2.85. The Labute approximate surface area is 204 Å². The fourth-order valence-corrected chi connectivity index (χ4v) is 7.21. The normalized spacial score (nSPS) is 21.7. The minimum atomic E-state index is -3.72. The van der Waals surface area contributed by atoms with E-state index in [1.807, 2.05) is 39.8 Å². The monoisotopic (exact) mass is 501 g/mol. The number of anilines is 1. The van der Waals surface area contributed by atoms with Gasteiger partial charge in [-0.25, -0.2) is 17.2 Å². The SMILES string of the molecule is O=S1(=O)[C@@H](c2ccccc2)CCCCN1Cc1cc(F)c(N2CCC(n3cnnc3)CC2)cc1F. The molecule has 7 nitrogen and oxygen atoms in total. The summed E-state index contributed by atoms with van der Waals surface area (Å²) in [5.41, 5.74) is 1.01. The van der Waals surface area contributed by atoms with Gasteiger partial charge in [-0.3, -0.25) is 0 Å². The minimum Gasteiger partial charge on any atom is -0.369 e. The quantitative estimate of drug-likeness (QED) is 0.517. The molecule has 0 spiro atoms. The summed E-state index contributed by atoms with van der Waals surface area (Å²) in [6.07, 6.45) is 6.86. The lowest BCUT2D eigenvalue weighted by atomic mass is 10.0. The van der Waals surface area contributed by atoms with Gasteiger partial charge in [-0.1, -0.05) is 36.8 Å². The topological polar surface area (TPSA) is 71.3 Å². The van der Waals surface area contributed by atoms with Crippen LogP contribution in [0.25, 0.3) is 0 Å². The van der Waals surface area contributed by atoms with Gasteiger partial charge in [-0.2, -0.15) is 4.31 Å². The highest BCUT2D eigenvalue weighted by atomic mass is 32.2. The van der Waals surface area contributed by atoms with Gasteiger partial charge in [-0.15, -0.1) is 10.2 Å². The number of rotatable bonds is 5. The average Bonchev–Trinajstić information content (AvgIpc) is 3.36. The molecule has 0 saturated carbocycles. The van der Waals surface area contributed by atoms with Crippen molar-refractivity contribution in [1.29, 1.82) is 0 Å². The summed E-state index contributed by atoms with van der Waals surface area (Å²) in [5, 5.41) is 7.00. The summed E-state index contributed by atoms with van der Waals surface area (Å²) in [6.45, 7) is 1.28. The highest BCUT2D eigenvalue weighted by Crippen LogP contribution is 2.35. The molecule has 0 unspecified atom stereocenters. The highest BCUT2D eigenvalue weighted by molar-refractivity contribution is 7.89. The van der Waals surface area contributed by atoms with Gasteiger partial charge < -0.3 is 9.47 Å². The van der Waals surface area contributed by atoms with Gasteiger partial charge in [0.25, 0.3) is 0 Å². The van der Waals surface area contributed by atoms with Crippen LogP contribution >= 0.6 is 0 Å². The van der Waals surface area contributed by atoms with Crippen LogP contribution in [-0.4, -0.2) is 47.1 Å². The van der Waals surface area contributed by atoms with Gasteiger partial charge in [0, 0.05) is 43.9 Å². The molecule has 2 saturated heterocycles.